The van der Waals surface area contributed by atoms with Crippen LogP contribution in [0.25, 0.3) is 0 Å². The summed E-state index contributed by atoms with van der Waals surface area (Å²) in [6.45, 7) is -0.0338. The number of amides is 1. The Balaban J connectivity index is 1.72. The predicted molar refractivity (Wildman–Crippen MR) is 94.5 cm³/mol. The van der Waals surface area contributed by atoms with Crippen molar-refractivity contribution in [2.24, 2.45) is 5.73 Å². The number of esters is 1. The number of nitro benzene ring substituents is 1. The van der Waals surface area contributed by atoms with Crippen molar-refractivity contribution in [2.75, 3.05) is 12.0 Å². The van der Waals surface area contributed by atoms with Crippen LogP contribution in [0.15, 0.2) is 34.9 Å². The van der Waals surface area contributed by atoms with Crippen LogP contribution in [0, 0.1) is 10.1 Å². The van der Waals surface area contributed by atoms with E-state index < -0.39 is 16.9 Å². The number of fused-ring (bicyclic) bond motifs is 1. The van der Waals surface area contributed by atoms with E-state index in [0.717, 1.165) is 4.91 Å². The number of ether oxygens (including phenoxy) is 1. The highest BCUT2D eigenvalue weighted by Crippen LogP contribution is 2.42. The fraction of sp³-hybridized carbons (Fsp3) is 0.333. The van der Waals surface area contributed by atoms with Crippen LogP contribution in [0.5, 0.6) is 0 Å². The van der Waals surface area contributed by atoms with Gasteiger partial charge in [0, 0.05) is 22.8 Å². The number of β-lactam (4-membered cyclic amide) rings is 1. The Morgan fingerprint density at radius 1 is 1.48 bits per heavy atom. The summed E-state index contributed by atoms with van der Waals surface area (Å²) in [4.78, 5) is 36.9. The topological polar surface area (TPSA) is 116 Å². The molecule has 2 N–H and O–H groups in total. The van der Waals surface area contributed by atoms with Crippen LogP contribution in [-0.4, -0.2) is 45.1 Å². The lowest BCUT2D eigenvalue weighted by Crippen LogP contribution is -2.68. The molecule has 1 aromatic carbocycles. The molecule has 1 fully saturated rings. The van der Waals surface area contributed by atoms with Gasteiger partial charge >= 0.3 is 5.97 Å². The summed E-state index contributed by atoms with van der Waals surface area (Å²) in [5.41, 5.74) is 6.63. The van der Waals surface area contributed by atoms with E-state index in [1.165, 1.54) is 52.7 Å². The van der Waals surface area contributed by atoms with Gasteiger partial charge in [-0.1, -0.05) is 0 Å². The number of thioether (sulfide) groups is 2. The summed E-state index contributed by atoms with van der Waals surface area (Å²) >= 11 is 2.93. The van der Waals surface area contributed by atoms with Gasteiger partial charge in [0.25, 0.3) is 5.69 Å². The first-order valence-corrected chi connectivity index (χ1v) is 9.59. The van der Waals surface area contributed by atoms with Gasteiger partial charge in [-0.25, -0.2) is 4.79 Å². The Kier molecular flexibility index (Phi) is 5.02. The van der Waals surface area contributed by atoms with Crippen molar-refractivity contribution >= 4 is 41.1 Å². The molecule has 1 saturated heterocycles. The van der Waals surface area contributed by atoms with Crippen molar-refractivity contribution in [1.29, 1.82) is 0 Å². The molecule has 8 nitrogen and oxygen atoms in total. The zero-order valence-corrected chi connectivity index (χ0v) is 14.8. The number of non-ortho nitro benzene ring substituents is 1. The smallest absolute Gasteiger partial charge is 0.356 e. The maximum atomic E-state index is 12.5. The molecule has 2 heterocycles. The summed E-state index contributed by atoms with van der Waals surface area (Å²) in [6.07, 6.45) is 1.84. The largest absolute Gasteiger partial charge is 0.456 e. The number of carbonyl (C=O) groups excluding carboxylic acids is 2. The first kappa shape index (κ1) is 17.8. The van der Waals surface area contributed by atoms with Gasteiger partial charge < -0.3 is 10.5 Å². The summed E-state index contributed by atoms with van der Waals surface area (Å²) in [6, 6.07) is 5.16. The van der Waals surface area contributed by atoms with E-state index >= 15 is 0 Å². The highest BCUT2D eigenvalue weighted by molar-refractivity contribution is 8.05. The van der Waals surface area contributed by atoms with Crippen molar-refractivity contribution in [1.82, 2.24) is 4.90 Å². The van der Waals surface area contributed by atoms with Gasteiger partial charge in [-0.15, -0.1) is 23.5 Å². The summed E-state index contributed by atoms with van der Waals surface area (Å²) < 4.78 is 5.31. The number of nitrogens with zero attached hydrogens (tertiary/aromatic N) is 2. The van der Waals surface area contributed by atoms with Crippen LogP contribution in [0.1, 0.15) is 5.56 Å². The number of nitrogens with two attached hydrogens (primary N) is 1. The molecule has 1 unspecified atom stereocenters. The van der Waals surface area contributed by atoms with E-state index in [0.29, 0.717) is 11.3 Å². The molecule has 132 valence electrons. The fourth-order valence-electron chi connectivity index (χ4n) is 2.56. The molecular weight excluding hydrogens is 366 g/mol. The van der Waals surface area contributed by atoms with E-state index in [4.69, 9.17) is 10.5 Å². The second-order valence-corrected chi connectivity index (χ2v) is 7.42. The Labute approximate surface area is 151 Å². The molecule has 0 bridgehead atoms. The summed E-state index contributed by atoms with van der Waals surface area (Å²) in [5, 5.41) is 10.4. The van der Waals surface area contributed by atoms with Crippen LogP contribution >= 0.6 is 23.5 Å². The molecule has 1 aromatic rings. The third-order valence-electron chi connectivity index (χ3n) is 3.93. The number of hydrogen-bond acceptors (Lipinski definition) is 8. The molecular formula is C15H15N3O5S2. The standard InChI is InChI=1S/C15H15N3O5S2/c1-24-10-7-25-14-11(16)13(19)17(14)12(10)15(20)23-6-8-2-4-9(5-3-8)18(21)22/h2-5,11,14H,6-7,16H2,1H3/t11?,14-/m1/s1. The predicted octanol–water partition coefficient (Wildman–Crippen LogP) is 1.46. The molecule has 2 aliphatic rings. The van der Waals surface area contributed by atoms with Gasteiger partial charge in [0.05, 0.1) is 4.92 Å². The Hall–Kier alpha value is -2.04. The molecule has 1 amide bonds. The average Bonchev–Trinajstić information content (AvgIpc) is 2.64. The minimum atomic E-state index is -0.592. The van der Waals surface area contributed by atoms with Crippen molar-refractivity contribution in [2.45, 2.75) is 18.0 Å². The molecule has 0 aromatic heterocycles. The molecule has 0 saturated carbocycles. The van der Waals surface area contributed by atoms with E-state index in [2.05, 4.69) is 0 Å². The lowest BCUT2D eigenvalue weighted by atomic mass is 10.1. The van der Waals surface area contributed by atoms with E-state index in [9.17, 15) is 19.7 Å². The van der Waals surface area contributed by atoms with Gasteiger partial charge in [-0.2, -0.15) is 0 Å². The van der Waals surface area contributed by atoms with Crippen molar-refractivity contribution < 1.29 is 19.2 Å². The average molecular weight is 381 g/mol. The van der Waals surface area contributed by atoms with Gasteiger partial charge in [0.1, 0.15) is 23.7 Å². The van der Waals surface area contributed by atoms with Crippen molar-refractivity contribution in [3.8, 4) is 0 Å². The maximum Gasteiger partial charge on any atom is 0.356 e. The summed E-state index contributed by atoms with van der Waals surface area (Å²) in [5.74, 6) is -0.273. The van der Waals surface area contributed by atoms with Gasteiger partial charge in [-0.05, 0) is 24.0 Å². The maximum absolute atomic E-state index is 12.5. The summed E-state index contributed by atoms with van der Waals surface area (Å²) in [7, 11) is 0. The molecule has 0 aliphatic carbocycles. The molecule has 3 rings (SSSR count). The quantitative estimate of drug-likeness (QED) is 0.353. The normalized spacial score (nSPS) is 22.3. The number of benzene rings is 1. The Morgan fingerprint density at radius 2 is 2.16 bits per heavy atom. The second-order valence-electron chi connectivity index (χ2n) is 5.41. The van der Waals surface area contributed by atoms with E-state index in [-0.39, 0.29) is 29.3 Å². The molecule has 25 heavy (non-hydrogen) atoms. The van der Waals surface area contributed by atoms with Gasteiger partial charge in [0.2, 0.25) is 5.91 Å². The highest BCUT2D eigenvalue weighted by atomic mass is 32.2. The number of hydrogen-bond donors (Lipinski definition) is 1. The zero-order valence-electron chi connectivity index (χ0n) is 13.2. The van der Waals surface area contributed by atoms with Crippen LogP contribution in [0.2, 0.25) is 0 Å². The first-order valence-electron chi connectivity index (χ1n) is 7.32. The number of carbonyl (C=O) groups is 2. The second kappa shape index (κ2) is 7.06. The third kappa shape index (κ3) is 3.24. The highest BCUT2D eigenvalue weighted by Gasteiger charge is 2.52. The number of rotatable bonds is 5. The Bertz CT molecular complexity index is 765. The first-order chi connectivity index (χ1) is 11.9. The number of nitro groups is 1. The molecule has 0 radical (unpaired) electrons. The molecule has 2 atom stereocenters. The minimum Gasteiger partial charge on any atom is -0.456 e. The molecule has 0 spiro atoms. The van der Waals surface area contributed by atoms with Crippen LogP contribution in [0.4, 0.5) is 5.69 Å². The monoisotopic (exact) mass is 381 g/mol. The molecule has 10 heteroatoms. The Morgan fingerprint density at radius 3 is 2.76 bits per heavy atom. The van der Waals surface area contributed by atoms with Gasteiger partial charge in [0.15, 0.2) is 0 Å². The SMILES string of the molecule is CSC1=C(C(=O)OCc2ccc([N+](=O)[O-])cc2)N2C(=O)C(N)[C@H]2SC1. The van der Waals surface area contributed by atoms with Crippen molar-refractivity contribution in [3.05, 3.63) is 50.5 Å². The third-order valence-corrected chi connectivity index (χ3v) is 6.25. The molecule has 2 aliphatic heterocycles. The van der Waals surface area contributed by atoms with Gasteiger partial charge in [-0.3, -0.25) is 19.8 Å². The van der Waals surface area contributed by atoms with E-state index in [1.807, 2.05) is 6.26 Å². The van der Waals surface area contributed by atoms with Crippen LogP contribution in [-0.2, 0) is 20.9 Å². The lowest BCUT2D eigenvalue weighted by Gasteiger charge is -2.48. The zero-order chi connectivity index (χ0) is 18.1. The van der Waals surface area contributed by atoms with Crippen LogP contribution in [0.3, 0.4) is 0 Å². The van der Waals surface area contributed by atoms with Crippen molar-refractivity contribution in [3.63, 3.8) is 0 Å². The van der Waals surface area contributed by atoms with E-state index in [1.54, 1.807) is 0 Å². The lowest BCUT2D eigenvalue weighted by molar-refractivity contribution is -0.384. The fourth-order valence-corrected chi connectivity index (χ4v) is 4.76. The van der Waals surface area contributed by atoms with Crippen LogP contribution < -0.4 is 5.73 Å². The minimum absolute atomic E-state index is 0.0326.